The Morgan fingerprint density at radius 2 is 1.03 bits per heavy atom. The maximum Gasteiger partial charge on any atom is 1.00 e. The second-order valence-corrected chi connectivity index (χ2v) is 18.0. The fraction of sp³-hybridized carbons (Fsp3) is 0.600. The molecule has 2 amide bonds. The Bertz CT molecular complexity index is 1920. The summed E-state index contributed by atoms with van der Waals surface area (Å²) in [5.74, 6) is -2.12. The number of carboxylic acid groups (broad SMARTS) is 2. The first-order chi connectivity index (χ1) is 28.7. The number of fused-ring (bicyclic) bond motifs is 6. The fourth-order valence-electron chi connectivity index (χ4n) is 10.3. The summed E-state index contributed by atoms with van der Waals surface area (Å²) in [4.78, 5) is 52.1. The van der Waals surface area contributed by atoms with Crippen molar-refractivity contribution in [3.05, 3.63) is 57.6 Å². The van der Waals surface area contributed by atoms with Gasteiger partial charge in [-0.25, -0.2) is 9.59 Å². The van der Waals surface area contributed by atoms with E-state index in [0.717, 1.165) is 24.2 Å². The Kier molecular flexibility index (Phi) is 14.5. The molecule has 62 heavy (non-hydrogen) atoms. The zero-order chi connectivity index (χ0) is 42.1. The topological polar surface area (TPSA) is 257 Å². The number of nitrogens with one attached hydrogen (secondary N) is 2. The molecule has 6 aliphatic heterocycles. The van der Waals surface area contributed by atoms with Crippen LogP contribution in [0.3, 0.4) is 0 Å². The van der Waals surface area contributed by atoms with Gasteiger partial charge in [-0.2, -0.15) is 0 Å². The predicted molar refractivity (Wildman–Crippen MR) is 213 cm³/mol. The molecule has 0 radical (unpaired) electrons. The van der Waals surface area contributed by atoms with Crippen molar-refractivity contribution in [1.29, 1.82) is 0 Å². The Hall–Kier alpha value is -2.27. The van der Waals surface area contributed by atoms with Gasteiger partial charge >= 0.3 is 71.1 Å². The molecule has 0 unspecified atom stereocenters. The molecule has 8 aliphatic rings. The van der Waals surface area contributed by atoms with Gasteiger partial charge in [0.1, 0.15) is 34.8 Å². The summed E-state index contributed by atoms with van der Waals surface area (Å²) in [5.41, 5.74) is 2.74. The van der Waals surface area contributed by atoms with Gasteiger partial charge in [0.05, 0.1) is 64.4 Å². The van der Waals surface area contributed by atoms with E-state index >= 15 is 0 Å². The molecule has 22 heteroatoms. The molecule has 2 aliphatic carbocycles. The molecular formula is C40H52B2N4Na2O14. The first kappa shape index (κ1) is 47.7. The minimum absolute atomic E-state index is 0. The van der Waals surface area contributed by atoms with Crippen molar-refractivity contribution < 1.29 is 128 Å². The zero-order valence-electron chi connectivity index (χ0n) is 35.2. The molecule has 0 spiro atoms. The first-order valence-corrected chi connectivity index (χ1v) is 21.2. The third-order valence-electron chi connectivity index (χ3n) is 13.7. The third-order valence-corrected chi connectivity index (χ3v) is 13.7. The number of morpholine rings is 2. The van der Waals surface area contributed by atoms with Crippen LogP contribution in [0.5, 0.6) is 11.5 Å². The number of rotatable bonds is 10. The minimum Gasteiger partial charge on any atom is -0.583 e. The van der Waals surface area contributed by atoms with Crippen molar-refractivity contribution in [3.63, 3.8) is 0 Å². The van der Waals surface area contributed by atoms with Crippen LogP contribution in [0, 0.1) is 0 Å². The quantitative estimate of drug-likeness (QED) is 0.103. The van der Waals surface area contributed by atoms with Crippen LogP contribution in [0.4, 0.5) is 0 Å². The van der Waals surface area contributed by atoms with E-state index in [1.54, 1.807) is 21.9 Å². The summed E-state index contributed by atoms with van der Waals surface area (Å²) in [5, 5.41) is 67.3. The molecule has 6 heterocycles. The van der Waals surface area contributed by atoms with E-state index in [9.17, 15) is 49.5 Å². The van der Waals surface area contributed by atoms with Crippen LogP contribution in [0.15, 0.2) is 24.3 Å². The molecule has 2 aromatic carbocycles. The van der Waals surface area contributed by atoms with E-state index in [1.165, 1.54) is 0 Å². The summed E-state index contributed by atoms with van der Waals surface area (Å²) < 4.78 is 23.0. The van der Waals surface area contributed by atoms with Gasteiger partial charge in [0.25, 0.3) is 0 Å². The van der Waals surface area contributed by atoms with Crippen LogP contribution in [0.1, 0.15) is 80.5 Å². The van der Waals surface area contributed by atoms with E-state index in [0.29, 0.717) is 89.3 Å². The maximum absolute atomic E-state index is 12.4. The molecular weight excluding hydrogens is 828 g/mol. The summed E-state index contributed by atoms with van der Waals surface area (Å²) >= 11 is 0. The normalized spacial score (nSPS) is 28.5. The standard InChI is InChI=1S/2C20H26BN2O7.2Na/c2*24-18(5-11-8-22-3-4-29-11)23-9-12(10-23)30-17-2-1-13-14-6-16(14)21(27,28)7-15(13)19(17)20(25)26;;/h2*1-2,11-12,14,16,22,27-28H,3-10H2,(H,25,26);;/q2*-1;2*+1/t2*11-,14-,16-;;/m00../s1. The number of carbonyl (C=O) groups is 4. The number of ether oxygens (including phenoxy) is 4. The predicted octanol–water partition coefficient (Wildman–Crippen LogP) is -6.53. The number of aromatic carboxylic acids is 2. The summed E-state index contributed by atoms with van der Waals surface area (Å²) in [6.45, 7) is 0.553. The summed E-state index contributed by atoms with van der Waals surface area (Å²) in [6.07, 6.45) is 1.08. The number of nitrogens with zero attached hydrogens (tertiary/aromatic N) is 2. The zero-order valence-corrected chi connectivity index (χ0v) is 39.2. The van der Waals surface area contributed by atoms with E-state index in [2.05, 4.69) is 10.6 Å². The molecule has 324 valence electrons. The Morgan fingerprint density at radius 1 is 0.645 bits per heavy atom. The van der Waals surface area contributed by atoms with Crippen molar-refractivity contribution in [2.75, 3.05) is 65.6 Å². The van der Waals surface area contributed by atoms with E-state index in [-0.39, 0.29) is 154 Å². The van der Waals surface area contributed by atoms with Gasteiger partial charge in [-0.15, -0.1) is 11.6 Å². The molecule has 0 bridgehead atoms. The van der Waals surface area contributed by atoms with Gasteiger partial charge in [-0.1, -0.05) is 48.7 Å². The van der Waals surface area contributed by atoms with E-state index < -0.39 is 25.0 Å². The van der Waals surface area contributed by atoms with Crippen LogP contribution >= 0.6 is 0 Å². The smallest absolute Gasteiger partial charge is 0.583 e. The van der Waals surface area contributed by atoms with Gasteiger partial charge in [-0.3, -0.25) is 9.59 Å². The number of amides is 2. The average Bonchev–Trinajstić information content (AvgIpc) is 4.09. The Morgan fingerprint density at radius 3 is 1.37 bits per heavy atom. The number of benzene rings is 2. The van der Waals surface area contributed by atoms with Crippen molar-refractivity contribution in [1.82, 2.24) is 20.4 Å². The minimum atomic E-state index is -2.58. The number of hydrogen-bond donors (Lipinski definition) is 8. The van der Waals surface area contributed by atoms with Gasteiger partial charge in [0.15, 0.2) is 0 Å². The van der Waals surface area contributed by atoms with Crippen LogP contribution in [0.2, 0.25) is 11.6 Å². The van der Waals surface area contributed by atoms with Crippen molar-refractivity contribution in [2.24, 2.45) is 0 Å². The first-order valence-electron chi connectivity index (χ1n) is 21.2. The molecule has 8 N–H and O–H groups in total. The summed E-state index contributed by atoms with van der Waals surface area (Å²) in [6, 6.07) is 7.03. The van der Waals surface area contributed by atoms with Gasteiger partial charge in [0, 0.05) is 26.2 Å². The Labute approximate surface area is 402 Å². The molecule has 2 saturated carbocycles. The van der Waals surface area contributed by atoms with Gasteiger partial charge in [-0.05, 0) is 35.1 Å². The molecule has 18 nitrogen and oxygen atoms in total. The SMILES string of the molecule is O=C(O)c1c(OC2CN(C(=O)C[C@H]3CNCCO3)C2)ccc2c1C[B-](O)(O)[C@H]1C[C@@H]21.O=C(O)c1c(OC2CN(C(=O)C[C@H]3CNCCO3)C2)ccc2c1C[B-](O)(O)[C@H]1C[C@@H]21.[Na+].[Na+]. The molecule has 6 atom stereocenters. The second-order valence-electron chi connectivity index (χ2n) is 18.0. The van der Waals surface area contributed by atoms with Crippen molar-refractivity contribution in [2.45, 2.75) is 86.2 Å². The largest absolute Gasteiger partial charge is 1.00 e. The van der Waals surface area contributed by atoms with E-state index in [1.807, 2.05) is 12.1 Å². The maximum atomic E-state index is 12.4. The van der Waals surface area contributed by atoms with Crippen LogP contribution in [-0.4, -0.2) is 167 Å². The fourth-order valence-corrected chi connectivity index (χ4v) is 10.3. The van der Waals surface area contributed by atoms with Crippen LogP contribution in [-0.2, 0) is 31.7 Å². The van der Waals surface area contributed by atoms with Crippen molar-refractivity contribution >= 4 is 36.9 Å². The average molecular weight is 880 g/mol. The number of carboxylic acids is 2. The summed E-state index contributed by atoms with van der Waals surface area (Å²) in [7, 11) is 0. The number of hydrogen-bond acceptors (Lipinski definition) is 14. The molecule has 10 rings (SSSR count). The van der Waals surface area contributed by atoms with Crippen molar-refractivity contribution in [3.8, 4) is 11.5 Å². The molecule has 4 saturated heterocycles. The monoisotopic (exact) mass is 880 g/mol. The number of carbonyl (C=O) groups excluding carboxylic acids is 2. The number of likely N-dealkylation sites (tertiary alicyclic amines) is 2. The Balaban J connectivity index is 0.000000181. The molecule has 0 aromatic heterocycles. The van der Waals surface area contributed by atoms with Gasteiger partial charge < -0.3 is 69.7 Å². The van der Waals surface area contributed by atoms with Crippen LogP contribution < -0.4 is 79.2 Å². The molecule has 2 aromatic rings. The van der Waals surface area contributed by atoms with Gasteiger partial charge in [0.2, 0.25) is 24.9 Å². The second kappa shape index (κ2) is 18.9. The third kappa shape index (κ3) is 9.79. The molecule has 6 fully saturated rings. The van der Waals surface area contributed by atoms with E-state index in [4.69, 9.17) is 18.9 Å². The van der Waals surface area contributed by atoms with Crippen LogP contribution in [0.25, 0.3) is 0 Å².